The number of para-hydroxylation sites is 1. The minimum Gasteiger partial charge on any atom is -0.335 e. The zero-order valence-electron chi connectivity index (χ0n) is 15.3. The zero-order chi connectivity index (χ0) is 19.2. The summed E-state index contributed by atoms with van der Waals surface area (Å²) < 4.78 is 0. The molecule has 0 aliphatic heterocycles. The van der Waals surface area contributed by atoms with Gasteiger partial charge in [-0.15, -0.1) is 0 Å². The number of anilines is 1. The summed E-state index contributed by atoms with van der Waals surface area (Å²) in [6.07, 6.45) is 1.54. The molecular formula is C22H21N3O2. The largest absolute Gasteiger partial charge is 0.335 e. The van der Waals surface area contributed by atoms with Crippen molar-refractivity contribution in [3.63, 3.8) is 0 Å². The van der Waals surface area contributed by atoms with Crippen LogP contribution in [0.15, 0.2) is 72.9 Å². The lowest BCUT2D eigenvalue weighted by atomic mass is 10.0. The number of carbonyl (C=O) groups excluding carboxylic acids is 2. The summed E-state index contributed by atoms with van der Waals surface area (Å²) >= 11 is 0. The van der Waals surface area contributed by atoms with Gasteiger partial charge in [-0.2, -0.15) is 0 Å². The van der Waals surface area contributed by atoms with Crippen LogP contribution < -0.4 is 10.6 Å². The molecule has 0 saturated heterocycles. The van der Waals surface area contributed by atoms with Crippen LogP contribution in [0.1, 0.15) is 33.2 Å². The van der Waals surface area contributed by atoms with Crippen molar-refractivity contribution in [3.05, 3.63) is 95.3 Å². The van der Waals surface area contributed by atoms with Crippen LogP contribution in [-0.4, -0.2) is 16.8 Å². The van der Waals surface area contributed by atoms with Crippen molar-refractivity contribution in [2.24, 2.45) is 0 Å². The van der Waals surface area contributed by atoms with E-state index in [0.29, 0.717) is 5.56 Å². The van der Waals surface area contributed by atoms with Gasteiger partial charge in [0.1, 0.15) is 11.7 Å². The number of nitrogens with zero attached hydrogens (tertiary/aromatic N) is 1. The van der Waals surface area contributed by atoms with Crippen molar-refractivity contribution < 1.29 is 9.59 Å². The second-order valence-electron chi connectivity index (χ2n) is 6.29. The number of aryl methyl sites for hydroxylation is 2. The Morgan fingerprint density at radius 2 is 1.52 bits per heavy atom. The van der Waals surface area contributed by atoms with E-state index >= 15 is 0 Å². The Balaban J connectivity index is 1.88. The Hall–Kier alpha value is -3.47. The van der Waals surface area contributed by atoms with E-state index in [1.54, 1.807) is 24.4 Å². The molecule has 0 bridgehead atoms. The summed E-state index contributed by atoms with van der Waals surface area (Å²) in [6, 6.07) is 19.2. The molecule has 5 heteroatoms. The van der Waals surface area contributed by atoms with Crippen molar-refractivity contribution >= 4 is 17.5 Å². The highest BCUT2D eigenvalue weighted by molar-refractivity contribution is 6.01. The van der Waals surface area contributed by atoms with Gasteiger partial charge in [0.05, 0.1) is 0 Å². The first-order valence-electron chi connectivity index (χ1n) is 8.70. The highest BCUT2D eigenvalue weighted by atomic mass is 16.2. The summed E-state index contributed by atoms with van der Waals surface area (Å²) in [5, 5.41) is 5.75. The molecule has 1 heterocycles. The number of amides is 2. The van der Waals surface area contributed by atoms with Crippen LogP contribution >= 0.6 is 0 Å². The number of pyridine rings is 1. The fourth-order valence-corrected chi connectivity index (χ4v) is 2.85. The van der Waals surface area contributed by atoms with Crippen LogP contribution in [0.5, 0.6) is 0 Å². The van der Waals surface area contributed by atoms with Crippen molar-refractivity contribution in [2.45, 2.75) is 19.9 Å². The fourth-order valence-electron chi connectivity index (χ4n) is 2.85. The molecule has 0 spiro atoms. The average Bonchev–Trinajstić information content (AvgIpc) is 2.70. The second-order valence-corrected chi connectivity index (χ2v) is 6.29. The molecule has 3 rings (SSSR count). The topological polar surface area (TPSA) is 71.1 Å². The van der Waals surface area contributed by atoms with Crippen LogP contribution in [0.3, 0.4) is 0 Å². The molecule has 2 N–H and O–H groups in total. The third-order valence-electron chi connectivity index (χ3n) is 4.30. The Labute approximate surface area is 158 Å². The molecule has 0 aliphatic carbocycles. The Bertz CT molecular complexity index is 920. The standard InChI is InChI=1S/C22H21N3O2/c1-15-9-8-10-16(2)19(15)24-22(27)20(17-11-4-3-5-12-17)25-21(26)18-13-6-7-14-23-18/h3-14,20H,1-2H3,(H,24,27)(H,25,26)/t20-/m1/s1. The maximum absolute atomic E-state index is 13.0. The number of benzene rings is 2. The third-order valence-corrected chi connectivity index (χ3v) is 4.30. The lowest BCUT2D eigenvalue weighted by Gasteiger charge is -2.20. The van der Waals surface area contributed by atoms with Gasteiger partial charge >= 0.3 is 0 Å². The van der Waals surface area contributed by atoms with Gasteiger partial charge in [-0.25, -0.2) is 0 Å². The lowest BCUT2D eigenvalue weighted by molar-refractivity contribution is -0.118. The molecule has 5 nitrogen and oxygen atoms in total. The van der Waals surface area contributed by atoms with E-state index in [0.717, 1.165) is 16.8 Å². The highest BCUT2D eigenvalue weighted by Gasteiger charge is 2.24. The van der Waals surface area contributed by atoms with E-state index in [2.05, 4.69) is 15.6 Å². The first-order valence-corrected chi connectivity index (χ1v) is 8.70. The average molecular weight is 359 g/mol. The summed E-state index contributed by atoms with van der Waals surface area (Å²) in [7, 11) is 0. The fraction of sp³-hybridized carbons (Fsp3) is 0.136. The van der Waals surface area contributed by atoms with Crippen LogP contribution in [0.4, 0.5) is 5.69 Å². The number of nitrogens with one attached hydrogen (secondary N) is 2. The van der Waals surface area contributed by atoms with Gasteiger partial charge in [0.25, 0.3) is 11.8 Å². The molecule has 2 aromatic carbocycles. The van der Waals surface area contributed by atoms with E-state index in [4.69, 9.17) is 0 Å². The maximum Gasteiger partial charge on any atom is 0.270 e. The van der Waals surface area contributed by atoms with Gasteiger partial charge in [0.15, 0.2) is 0 Å². The van der Waals surface area contributed by atoms with Gasteiger partial charge in [0, 0.05) is 11.9 Å². The molecule has 0 radical (unpaired) electrons. The number of rotatable bonds is 5. The molecular weight excluding hydrogens is 338 g/mol. The van der Waals surface area contributed by atoms with Crippen LogP contribution in [-0.2, 0) is 4.79 Å². The maximum atomic E-state index is 13.0. The van der Waals surface area contributed by atoms with Crippen LogP contribution in [0, 0.1) is 13.8 Å². The Morgan fingerprint density at radius 3 is 2.15 bits per heavy atom. The van der Waals surface area contributed by atoms with Gasteiger partial charge in [-0.3, -0.25) is 14.6 Å². The highest BCUT2D eigenvalue weighted by Crippen LogP contribution is 2.22. The lowest BCUT2D eigenvalue weighted by Crippen LogP contribution is -2.37. The predicted molar refractivity (Wildman–Crippen MR) is 105 cm³/mol. The first kappa shape index (κ1) is 18.3. The minimum atomic E-state index is -0.834. The summed E-state index contributed by atoms with van der Waals surface area (Å²) in [6.45, 7) is 3.87. The molecule has 3 aromatic rings. The quantitative estimate of drug-likeness (QED) is 0.728. The SMILES string of the molecule is Cc1cccc(C)c1NC(=O)[C@H](NC(=O)c1ccccn1)c1ccccc1. The third kappa shape index (κ3) is 4.39. The summed E-state index contributed by atoms with van der Waals surface area (Å²) in [5.74, 6) is -0.705. The van der Waals surface area contributed by atoms with Crippen LogP contribution in [0.2, 0.25) is 0 Å². The van der Waals surface area contributed by atoms with E-state index in [1.165, 1.54) is 0 Å². The monoisotopic (exact) mass is 359 g/mol. The molecule has 0 fully saturated rings. The minimum absolute atomic E-state index is 0.262. The van der Waals surface area contributed by atoms with Gasteiger partial charge in [0.2, 0.25) is 0 Å². The normalized spacial score (nSPS) is 11.5. The summed E-state index contributed by atoms with van der Waals surface area (Å²) in [4.78, 5) is 29.7. The van der Waals surface area contributed by atoms with Crippen molar-refractivity contribution in [3.8, 4) is 0 Å². The summed E-state index contributed by atoms with van der Waals surface area (Å²) in [5.41, 5.74) is 3.65. The van der Waals surface area contributed by atoms with Gasteiger partial charge in [-0.1, -0.05) is 54.6 Å². The molecule has 0 unspecified atom stereocenters. The number of hydrogen-bond donors (Lipinski definition) is 2. The molecule has 0 aliphatic rings. The molecule has 1 atom stereocenters. The Morgan fingerprint density at radius 1 is 0.852 bits per heavy atom. The van der Waals surface area contributed by atoms with Gasteiger partial charge in [-0.05, 0) is 42.7 Å². The predicted octanol–water partition coefficient (Wildman–Crippen LogP) is 3.81. The van der Waals surface area contributed by atoms with E-state index in [9.17, 15) is 9.59 Å². The molecule has 136 valence electrons. The smallest absolute Gasteiger partial charge is 0.270 e. The Kier molecular flexibility index (Phi) is 5.61. The zero-order valence-corrected chi connectivity index (χ0v) is 15.3. The number of aromatic nitrogens is 1. The van der Waals surface area contributed by atoms with E-state index < -0.39 is 11.9 Å². The molecule has 1 aromatic heterocycles. The van der Waals surface area contributed by atoms with Crippen molar-refractivity contribution in [1.29, 1.82) is 0 Å². The molecule has 2 amide bonds. The van der Waals surface area contributed by atoms with Crippen molar-refractivity contribution in [2.75, 3.05) is 5.32 Å². The number of carbonyl (C=O) groups is 2. The van der Waals surface area contributed by atoms with Gasteiger partial charge < -0.3 is 10.6 Å². The second kappa shape index (κ2) is 8.27. The van der Waals surface area contributed by atoms with Crippen molar-refractivity contribution in [1.82, 2.24) is 10.3 Å². The number of hydrogen-bond acceptors (Lipinski definition) is 3. The van der Waals surface area contributed by atoms with Crippen LogP contribution in [0.25, 0.3) is 0 Å². The van der Waals surface area contributed by atoms with E-state index in [-0.39, 0.29) is 11.6 Å². The van der Waals surface area contributed by atoms with E-state index in [1.807, 2.05) is 62.4 Å². The first-order chi connectivity index (χ1) is 13.1. The molecule has 27 heavy (non-hydrogen) atoms. The molecule has 0 saturated carbocycles.